The predicted molar refractivity (Wildman–Crippen MR) is 38.2 cm³/mol. The van der Waals surface area contributed by atoms with Crippen molar-refractivity contribution in [3.05, 3.63) is 11.8 Å². The molecular formula is C7H13N. The third-order valence-corrected chi connectivity index (χ3v) is 0.990. The van der Waals surface area contributed by atoms with E-state index in [9.17, 15) is 0 Å². The molecule has 1 heteroatoms. The van der Waals surface area contributed by atoms with Gasteiger partial charge < -0.3 is 0 Å². The van der Waals surface area contributed by atoms with E-state index in [0.717, 1.165) is 12.1 Å². The smallest absolute Gasteiger partial charge is 0.0354 e. The van der Waals surface area contributed by atoms with Gasteiger partial charge in [0.15, 0.2) is 0 Å². The monoisotopic (exact) mass is 111 g/mol. The molecule has 0 radical (unpaired) electrons. The van der Waals surface area contributed by atoms with Gasteiger partial charge in [-0.2, -0.15) is 0 Å². The van der Waals surface area contributed by atoms with Crippen molar-refractivity contribution in [3.8, 4) is 0 Å². The molecule has 0 saturated heterocycles. The normalized spacial score (nSPS) is 13.1. The fourth-order valence-corrected chi connectivity index (χ4v) is 0.536. The lowest BCUT2D eigenvalue weighted by atomic mass is 10.3. The fraction of sp³-hybridized carbons (Fsp3) is 0.571. The molecule has 0 heterocycles. The average molecular weight is 111 g/mol. The maximum atomic E-state index is 4.10. The molecule has 0 aromatic carbocycles. The first-order valence-electron chi connectivity index (χ1n) is 2.99. The molecule has 0 rings (SSSR count). The summed E-state index contributed by atoms with van der Waals surface area (Å²) < 4.78 is 0. The van der Waals surface area contributed by atoms with Crippen molar-refractivity contribution in [1.29, 1.82) is 0 Å². The molecule has 0 N–H and O–H groups in total. The Morgan fingerprint density at radius 1 is 1.50 bits per heavy atom. The Bertz CT molecular complexity index is 98.2. The lowest BCUT2D eigenvalue weighted by Crippen LogP contribution is -1.72. The highest BCUT2D eigenvalue weighted by Gasteiger charge is 1.80. The molecule has 0 aliphatic heterocycles. The fourth-order valence-electron chi connectivity index (χ4n) is 0.536. The Morgan fingerprint density at radius 3 is 2.25 bits per heavy atom. The molecule has 46 valence electrons. The van der Waals surface area contributed by atoms with E-state index in [0.29, 0.717) is 0 Å². The van der Waals surface area contributed by atoms with Gasteiger partial charge in [0.25, 0.3) is 0 Å². The second kappa shape index (κ2) is 4.57. The van der Waals surface area contributed by atoms with Gasteiger partial charge in [0, 0.05) is 11.9 Å². The predicted octanol–water partition coefficient (Wildman–Crippen LogP) is 2.39. The number of aliphatic imine (C=N–C) groups is 1. The molecule has 0 saturated carbocycles. The zero-order valence-electron chi connectivity index (χ0n) is 5.81. The van der Waals surface area contributed by atoms with Crippen LogP contribution >= 0.6 is 0 Å². The van der Waals surface area contributed by atoms with Gasteiger partial charge in [-0.3, -0.25) is 4.99 Å². The molecule has 0 fully saturated rings. The van der Waals surface area contributed by atoms with E-state index in [1.165, 1.54) is 0 Å². The molecule has 1 nitrogen and oxygen atoms in total. The largest absolute Gasteiger partial charge is 0.266 e. The Kier molecular flexibility index (Phi) is 4.23. The topological polar surface area (TPSA) is 12.4 Å². The van der Waals surface area contributed by atoms with Crippen LogP contribution in [-0.2, 0) is 0 Å². The van der Waals surface area contributed by atoms with Gasteiger partial charge in [0.1, 0.15) is 0 Å². The van der Waals surface area contributed by atoms with Crippen molar-refractivity contribution >= 4 is 6.21 Å². The number of hydrogen-bond acceptors (Lipinski definition) is 1. The first kappa shape index (κ1) is 7.41. The van der Waals surface area contributed by atoms with Crippen molar-refractivity contribution in [2.45, 2.75) is 27.2 Å². The minimum absolute atomic E-state index is 1.03. The van der Waals surface area contributed by atoms with Gasteiger partial charge in [-0.1, -0.05) is 13.0 Å². The maximum Gasteiger partial charge on any atom is 0.0354 e. The van der Waals surface area contributed by atoms with Crippen LogP contribution in [0, 0.1) is 0 Å². The van der Waals surface area contributed by atoms with Gasteiger partial charge in [-0.15, -0.1) is 0 Å². The molecule has 8 heavy (non-hydrogen) atoms. The minimum atomic E-state index is 1.03. The standard InChI is InChI=1S/C7H13N/c1-4-7(5-2)8-6-3/h4,6H,5H2,1-3H3/b7-4-,8-6?. The number of hydrogen-bond donors (Lipinski definition) is 0. The van der Waals surface area contributed by atoms with E-state index in [1.54, 1.807) is 0 Å². The van der Waals surface area contributed by atoms with Crippen molar-refractivity contribution in [2.24, 2.45) is 4.99 Å². The van der Waals surface area contributed by atoms with Gasteiger partial charge >= 0.3 is 0 Å². The summed E-state index contributed by atoms with van der Waals surface area (Å²) in [6, 6.07) is 0. The molecule has 0 aromatic rings. The quantitative estimate of drug-likeness (QED) is 0.485. The Balaban J connectivity index is 3.72. The SMILES string of the molecule is CC=N/C(=C\C)CC. The van der Waals surface area contributed by atoms with Crippen LogP contribution in [0.3, 0.4) is 0 Å². The molecule has 0 spiro atoms. The van der Waals surface area contributed by atoms with Gasteiger partial charge in [-0.25, -0.2) is 0 Å². The van der Waals surface area contributed by atoms with Crippen LogP contribution in [0.1, 0.15) is 27.2 Å². The first-order valence-corrected chi connectivity index (χ1v) is 2.99. The van der Waals surface area contributed by atoms with Crippen LogP contribution in [0.2, 0.25) is 0 Å². The third-order valence-electron chi connectivity index (χ3n) is 0.990. The summed E-state index contributed by atoms with van der Waals surface area (Å²) in [6.45, 7) is 6.04. The lowest BCUT2D eigenvalue weighted by molar-refractivity contribution is 1.06. The van der Waals surface area contributed by atoms with Crippen molar-refractivity contribution < 1.29 is 0 Å². The Hall–Kier alpha value is -0.590. The number of allylic oxidation sites excluding steroid dienone is 2. The minimum Gasteiger partial charge on any atom is -0.266 e. The van der Waals surface area contributed by atoms with Gasteiger partial charge in [-0.05, 0) is 20.3 Å². The molecule has 0 bridgehead atoms. The van der Waals surface area contributed by atoms with E-state index >= 15 is 0 Å². The second-order valence-corrected chi connectivity index (χ2v) is 1.52. The zero-order valence-corrected chi connectivity index (χ0v) is 5.81. The summed E-state index contributed by atoms with van der Waals surface area (Å²) in [7, 11) is 0. The van der Waals surface area contributed by atoms with Crippen molar-refractivity contribution in [1.82, 2.24) is 0 Å². The van der Waals surface area contributed by atoms with E-state index in [4.69, 9.17) is 0 Å². The van der Waals surface area contributed by atoms with E-state index in [1.807, 2.05) is 26.1 Å². The second-order valence-electron chi connectivity index (χ2n) is 1.52. The first-order chi connectivity index (χ1) is 3.85. The Labute approximate surface area is 51.1 Å². The van der Waals surface area contributed by atoms with Crippen molar-refractivity contribution in [2.75, 3.05) is 0 Å². The van der Waals surface area contributed by atoms with Crippen LogP contribution in [-0.4, -0.2) is 6.21 Å². The van der Waals surface area contributed by atoms with E-state index < -0.39 is 0 Å². The highest BCUT2D eigenvalue weighted by atomic mass is 14.7. The lowest BCUT2D eigenvalue weighted by Gasteiger charge is -1.89. The summed E-state index contributed by atoms with van der Waals surface area (Å²) in [5.41, 5.74) is 1.16. The molecule has 0 atom stereocenters. The highest BCUT2D eigenvalue weighted by molar-refractivity contribution is 5.55. The average Bonchev–Trinajstić information content (AvgIpc) is 1.83. The van der Waals surface area contributed by atoms with E-state index in [2.05, 4.69) is 11.9 Å². The van der Waals surface area contributed by atoms with Crippen LogP contribution in [0.5, 0.6) is 0 Å². The molecule has 0 aliphatic rings. The van der Waals surface area contributed by atoms with Gasteiger partial charge in [0.2, 0.25) is 0 Å². The van der Waals surface area contributed by atoms with Crippen LogP contribution in [0.25, 0.3) is 0 Å². The summed E-state index contributed by atoms with van der Waals surface area (Å²) in [5, 5.41) is 0. The summed E-state index contributed by atoms with van der Waals surface area (Å²) in [6.07, 6.45) is 4.87. The van der Waals surface area contributed by atoms with Gasteiger partial charge in [0.05, 0.1) is 0 Å². The highest BCUT2D eigenvalue weighted by Crippen LogP contribution is 1.99. The Morgan fingerprint density at radius 2 is 2.12 bits per heavy atom. The third kappa shape index (κ3) is 2.56. The molecule has 0 aliphatic carbocycles. The van der Waals surface area contributed by atoms with Crippen LogP contribution < -0.4 is 0 Å². The summed E-state index contributed by atoms with van der Waals surface area (Å²) in [5.74, 6) is 0. The summed E-state index contributed by atoms with van der Waals surface area (Å²) >= 11 is 0. The molecule has 0 aromatic heterocycles. The number of nitrogens with zero attached hydrogens (tertiary/aromatic N) is 1. The van der Waals surface area contributed by atoms with E-state index in [-0.39, 0.29) is 0 Å². The maximum absolute atomic E-state index is 4.10. The molecular weight excluding hydrogens is 98.1 g/mol. The molecule has 0 amide bonds. The van der Waals surface area contributed by atoms with Crippen LogP contribution in [0.4, 0.5) is 0 Å². The number of rotatable bonds is 2. The summed E-state index contributed by atoms with van der Waals surface area (Å²) in [4.78, 5) is 4.10. The van der Waals surface area contributed by atoms with Crippen molar-refractivity contribution in [3.63, 3.8) is 0 Å². The molecule has 0 unspecified atom stereocenters. The zero-order chi connectivity index (χ0) is 6.41. The van der Waals surface area contributed by atoms with Crippen LogP contribution in [0.15, 0.2) is 16.8 Å².